The molecule has 0 aliphatic heterocycles. The molecular formula is C16H17ClN4. The highest BCUT2D eigenvalue weighted by Crippen LogP contribution is 2.25. The van der Waals surface area contributed by atoms with Crippen LogP contribution < -0.4 is 0 Å². The molecule has 0 aliphatic carbocycles. The first-order valence-electron chi connectivity index (χ1n) is 7.06. The van der Waals surface area contributed by atoms with Gasteiger partial charge in [-0.25, -0.2) is 15.0 Å². The number of nitrogens with zero attached hydrogens (tertiary/aromatic N) is 4. The molecule has 1 aromatic carbocycles. The standard InChI is InChI=1S/C16H17ClN4/c1-4-5-12-15(17)18-8-19-16(12)21-9-20-13-6-10(2)11(3)7-14(13)21/h6-9H,4-5H2,1-3H3. The molecule has 108 valence electrons. The fraction of sp³-hybridized carbons (Fsp3) is 0.312. The van der Waals surface area contributed by atoms with Gasteiger partial charge in [-0.05, 0) is 43.5 Å². The number of imidazole rings is 1. The predicted octanol–water partition coefficient (Wildman–Crippen LogP) is 4.04. The molecule has 0 aliphatic rings. The summed E-state index contributed by atoms with van der Waals surface area (Å²) in [6.45, 7) is 6.32. The van der Waals surface area contributed by atoms with E-state index in [-0.39, 0.29) is 0 Å². The van der Waals surface area contributed by atoms with E-state index in [1.54, 1.807) is 6.33 Å². The van der Waals surface area contributed by atoms with Gasteiger partial charge in [0, 0.05) is 5.56 Å². The summed E-state index contributed by atoms with van der Waals surface area (Å²) in [7, 11) is 0. The minimum absolute atomic E-state index is 0.521. The third kappa shape index (κ3) is 2.40. The van der Waals surface area contributed by atoms with Gasteiger partial charge in [0.15, 0.2) is 0 Å². The van der Waals surface area contributed by atoms with E-state index in [1.165, 1.54) is 17.5 Å². The molecule has 5 heteroatoms. The van der Waals surface area contributed by atoms with E-state index in [4.69, 9.17) is 11.6 Å². The van der Waals surface area contributed by atoms with Gasteiger partial charge in [-0.3, -0.25) is 4.57 Å². The van der Waals surface area contributed by atoms with Gasteiger partial charge in [0.25, 0.3) is 0 Å². The number of benzene rings is 1. The number of fused-ring (bicyclic) bond motifs is 1. The first-order chi connectivity index (χ1) is 10.1. The lowest BCUT2D eigenvalue weighted by Gasteiger charge is -2.11. The number of halogens is 1. The normalized spacial score (nSPS) is 11.2. The van der Waals surface area contributed by atoms with Gasteiger partial charge >= 0.3 is 0 Å². The van der Waals surface area contributed by atoms with E-state index >= 15 is 0 Å². The van der Waals surface area contributed by atoms with Gasteiger partial charge in [0.05, 0.1) is 11.0 Å². The summed E-state index contributed by atoms with van der Waals surface area (Å²) in [6, 6.07) is 4.24. The van der Waals surface area contributed by atoms with E-state index < -0.39 is 0 Å². The molecule has 0 unspecified atom stereocenters. The van der Waals surface area contributed by atoms with Gasteiger partial charge in [-0.2, -0.15) is 0 Å². The number of aryl methyl sites for hydroxylation is 2. The Balaban J connectivity index is 2.26. The first kappa shape index (κ1) is 14.0. The van der Waals surface area contributed by atoms with Crippen LogP contribution in [0.1, 0.15) is 30.0 Å². The Labute approximate surface area is 128 Å². The minimum Gasteiger partial charge on any atom is -0.283 e. The summed E-state index contributed by atoms with van der Waals surface area (Å²) in [5.74, 6) is 0.822. The second-order valence-electron chi connectivity index (χ2n) is 5.26. The summed E-state index contributed by atoms with van der Waals surface area (Å²) in [6.07, 6.45) is 5.15. The molecule has 0 N–H and O–H groups in total. The second kappa shape index (κ2) is 5.45. The Kier molecular flexibility index (Phi) is 3.64. The van der Waals surface area contributed by atoms with Crippen LogP contribution in [0.25, 0.3) is 16.9 Å². The zero-order valence-electron chi connectivity index (χ0n) is 12.4. The summed E-state index contributed by atoms with van der Waals surface area (Å²) in [5, 5.41) is 0.521. The molecular weight excluding hydrogens is 284 g/mol. The van der Waals surface area contributed by atoms with E-state index in [1.807, 2.05) is 4.57 Å². The van der Waals surface area contributed by atoms with Crippen LogP contribution in [0, 0.1) is 13.8 Å². The highest BCUT2D eigenvalue weighted by Gasteiger charge is 2.14. The average Bonchev–Trinajstić information content (AvgIpc) is 2.84. The zero-order valence-corrected chi connectivity index (χ0v) is 13.1. The van der Waals surface area contributed by atoms with Crippen molar-refractivity contribution in [3.05, 3.63) is 46.6 Å². The van der Waals surface area contributed by atoms with E-state index in [0.29, 0.717) is 5.15 Å². The second-order valence-corrected chi connectivity index (χ2v) is 5.61. The van der Waals surface area contributed by atoms with Crippen LogP contribution in [-0.2, 0) is 6.42 Å². The lowest BCUT2D eigenvalue weighted by Crippen LogP contribution is -2.04. The molecule has 0 amide bonds. The molecule has 0 atom stereocenters. The van der Waals surface area contributed by atoms with E-state index in [9.17, 15) is 0 Å². The average molecular weight is 301 g/mol. The van der Waals surface area contributed by atoms with E-state index in [2.05, 4.69) is 47.9 Å². The van der Waals surface area contributed by atoms with Crippen LogP contribution in [0.4, 0.5) is 0 Å². The quantitative estimate of drug-likeness (QED) is 0.686. The lowest BCUT2D eigenvalue weighted by atomic mass is 10.1. The Bertz CT molecular complexity index is 807. The Morgan fingerprint density at radius 2 is 1.86 bits per heavy atom. The fourth-order valence-electron chi connectivity index (χ4n) is 2.49. The maximum atomic E-state index is 6.25. The van der Waals surface area contributed by atoms with Crippen LogP contribution in [0.2, 0.25) is 5.15 Å². The Hall–Kier alpha value is -1.94. The van der Waals surface area contributed by atoms with Crippen molar-refractivity contribution < 1.29 is 0 Å². The molecule has 0 saturated heterocycles. The van der Waals surface area contributed by atoms with Crippen LogP contribution >= 0.6 is 11.6 Å². The number of hydrogen-bond donors (Lipinski definition) is 0. The van der Waals surface area contributed by atoms with Crippen molar-refractivity contribution in [2.24, 2.45) is 0 Å². The van der Waals surface area contributed by atoms with Crippen molar-refractivity contribution in [3.63, 3.8) is 0 Å². The number of rotatable bonds is 3. The molecule has 2 heterocycles. The van der Waals surface area contributed by atoms with Gasteiger partial charge in [-0.15, -0.1) is 0 Å². The van der Waals surface area contributed by atoms with Crippen LogP contribution in [0.5, 0.6) is 0 Å². The summed E-state index contributed by atoms with van der Waals surface area (Å²) in [5.41, 5.74) is 5.46. The molecule has 0 radical (unpaired) electrons. The SMILES string of the molecule is CCCc1c(Cl)ncnc1-n1cnc2cc(C)c(C)cc21. The van der Waals surface area contributed by atoms with Gasteiger partial charge in [-0.1, -0.05) is 24.9 Å². The van der Waals surface area contributed by atoms with Gasteiger partial charge < -0.3 is 0 Å². The largest absolute Gasteiger partial charge is 0.283 e. The fourth-order valence-corrected chi connectivity index (χ4v) is 2.71. The van der Waals surface area contributed by atoms with Crippen LogP contribution in [0.15, 0.2) is 24.8 Å². The lowest BCUT2D eigenvalue weighted by molar-refractivity contribution is 0.867. The van der Waals surface area contributed by atoms with Crippen molar-refractivity contribution >= 4 is 22.6 Å². The highest BCUT2D eigenvalue weighted by atomic mass is 35.5. The third-order valence-corrected chi connectivity index (χ3v) is 4.09. The van der Waals surface area contributed by atoms with Crippen molar-refractivity contribution in [3.8, 4) is 5.82 Å². The topological polar surface area (TPSA) is 43.6 Å². The van der Waals surface area contributed by atoms with Gasteiger partial charge in [0.2, 0.25) is 0 Å². The molecule has 0 bridgehead atoms. The summed E-state index contributed by atoms with van der Waals surface area (Å²) in [4.78, 5) is 13.0. The minimum atomic E-state index is 0.521. The summed E-state index contributed by atoms with van der Waals surface area (Å²) < 4.78 is 2.00. The molecule has 2 aromatic heterocycles. The summed E-state index contributed by atoms with van der Waals surface area (Å²) >= 11 is 6.25. The van der Waals surface area contributed by atoms with Crippen LogP contribution in [-0.4, -0.2) is 19.5 Å². The van der Waals surface area contributed by atoms with Crippen molar-refractivity contribution in [2.45, 2.75) is 33.6 Å². The molecule has 0 saturated carbocycles. The Morgan fingerprint density at radius 3 is 2.62 bits per heavy atom. The number of hydrogen-bond acceptors (Lipinski definition) is 3. The van der Waals surface area contributed by atoms with E-state index in [0.717, 1.165) is 35.3 Å². The first-order valence-corrected chi connectivity index (χ1v) is 7.43. The van der Waals surface area contributed by atoms with Gasteiger partial charge in [0.1, 0.15) is 23.6 Å². The van der Waals surface area contributed by atoms with Crippen LogP contribution in [0.3, 0.4) is 0 Å². The predicted molar refractivity (Wildman–Crippen MR) is 85.1 cm³/mol. The monoisotopic (exact) mass is 300 g/mol. The van der Waals surface area contributed by atoms with Crippen molar-refractivity contribution in [1.29, 1.82) is 0 Å². The molecule has 3 rings (SSSR count). The smallest absolute Gasteiger partial charge is 0.146 e. The highest BCUT2D eigenvalue weighted by molar-refractivity contribution is 6.30. The zero-order chi connectivity index (χ0) is 15.0. The maximum absolute atomic E-state index is 6.25. The molecule has 0 spiro atoms. The Morgan fingerprint density at radius 1 is 1.10 bits per heavy atom. The molecule has 3 aromatic rings. The maximum Gasteiger partial charge on any atom is 0.146 e. The number of aromatic nitrogens is 4. The van der Waals surface area contributed by atoms with Crippen molar-refractivity contribution in [2.75, 3.05) is 0 Å². The third-order valence-electron chi connectivity index (χ3n) is 3.76. The molecule has 21 heavy (non-hydrogen) atoms. The van der Waals surface area contributed by atoms with Crippen molar-refractivity contribution in [1.82, 2.24) is 19.5 Å². The molecule has 4 nitrogen and oxygen atoms in total. The molecule has 0 fully saturated rings.